The molecule has 0 radical (unpaired) electrons. The molecule has 0 saturated heterocycles. The third-order valence-corrected chi connectivity index (χ3v) is 5.17. The highest BCUT2D eigenvalue weighted by Crippen LogP contribution is 2.42. The van der Waals surface area contributed by atoms with Gasteiger partial charge in [0.15, 0.2) is 0 Å². The first-order valence-electron chi connectivity index (χ1n) is 8.44. The van der Waals surface area contributed by atoms with E-state index in [2.05, 4.69) is 91.9 Å². The van der Waals surface area contributed by atoms with Gasteiger partial charge in [-0.2, -0.15) is 0 Å². The smallest absolute Gasteiger partial charge is 0.145 e. The molecule has 0 aliphatic heterocycles. The van der Waals surface area contributed by atoms with E-state index in [-0.39, 0.29) is 5.41 Å². The van der Waals surface area contributed by atoms with Gasteiger partial charge in [-0.15, -0.1) is 0 Å². The van der Waals surface area contributed by atoms with Crippen LogP contribution < -0.4 is 0 Å². The van der Waals surface area contributed by atoms with E-state index in [0.29, 0.717) is 0 Å². The first-order chi connectivity index (χ1) is 11.8. The Labute approximate surface area is 147 Å². The summed E-state index contributed by atoms with van der Waals surface area (Å²) in [6.45, 7) is 2.90. The molecule has 0 unspecified atom stereocenters. The zero-order valence-corrected chi connectivity index (χ0v) is 16.4. The molecule has 0 saturated carbocycles. The van der Waals surface area contributed by atoms with Gasteiger partial charge in [-0.1, -0.05) is 90.5 Å². The molecule has 24 heavy (non-hydrogen) atoms. The summed E-state index contributed by atoms with van der Waals surface area (Å²) in [7, 11) is 0.768. The van der Waals surface area contributed by atoms with Crippen molar-refractivity contribution in [1.29, 1.82) is 0 Å². The first kappa shape index (κ1) is 16.7. The number of rotatable bonds is 6. The fourth-order valence-corrected chi connectivity index (χ4v) is 3.68. The topological polar surface area (TPSA) is 9.23 Å². The second-order valence-corrected chi connectivity index (χ2v) is 6.82. The lowest BCUT2D eigenvalue weighted by atomic mass is 9.67. The van der Waals surface area contributed by atoms with Crippen molar-refractivity contribution in [2.75, 3.05) is 6.61 Å². The molecular formula is C22H24OSi. The van der Waals surface area contributed by atoms with Gasteiger partial charge in [-0.25, -0.2) is 0 Å². The van der Waals surface area contributed by atoms with Crippen LogP contribution >= 0.6 is 0 Å². The monoisotopic (exact) mass is 332 g/mol. The van der Waals surface area contributed by atoms with Gasteiger partial charge in [0.1, 0.15) is 10.5 Å². The predicted octanol–water partition coefficient (Wildman–Crippen LogP) is 4.02. The second-order valence-electron chi connectivity index (χ2n) is 6.25. The molecule has 0 atom stereocenters. The van der Waals surface area contributed by atoms with Crippen LogP contribution in [0.25, 0.3) is 0 Å². The van der Waals surface area contributed by atoms with Crippen molar-refractivity contribution in [2.45, 2.75) is 18.8 Å². The van der Waals surface area contributed by atoms with E-state index in [4.69, 9.17) is 4.43 Å². The summed E-state index contributed by atoms with van der Waals surface area (Å²) in [4.78, 5) is 0. The van der Waals surface area contributed by atoms with Crippen LogP contribution in [-0.4, -0.2) is 17.1 Å². The van der Waals surface area contributed by atoms with E-state index in [9.17, 15) is 0 Å². The lowest BCUT2D eigenvalue weighted by molar-refractivity contribution is 0.311. The molecule has 3 aromatic rings. The first-order valence-corrected chi connectivity index (χ1v) is 9.26. The summed E-state index contributed by atoms with van der Waals surface area (Å²) in [6, 6.07) is 30.6. The van der Waals surface area contributed by atoms with Gasteiger partial charge in [-0.05, 0) is 30.0 Å². The van der Waals surface area contributed by atoms with Gasteiger partial charge in [0, 0.05) is 12.0 Å². The number of hydrogen-bond acceptors (Lipinski definition) is 1. The molecule has 2 heteroatoms. The Bertz CT molecular complexity index is 711. The Hall–Kier alpha value is -2.16. The minimum Gasteiger partial charge on any atom is -0.428 e. The molecule has 0 aromatic heterocycles. The van der Waals surface area contributed by atoms with Crippen molar-refractivity contribution in [2.24, 2.45) is 0 Å². The molecule has 0 N–H and O–H groups in total. The van der Waals surface area contributed by atoms with E-state index >= 15 is 0 Å². The molecule has 0 aliphatic rings. The molecule has 3 rings (SSSR count). The fourth-order valence-electron chi connectivity index (χ4n) is 3.47. The molecule has 0 spiro atoms. The Morgan fingerprint density at radius 3 is 1.62 bits per heavy atom. The van der Waals surface area contributed by atoms with Gasteiger partial charge >= 0.3 is 0 Å². The lowest BCUT2D eigenvalue weighted by Gasteiger charge is -2.36. The van der Waals surface area contributed by atoms with E-state index in [1.165, 1.54) is 22.3 Å². The highest BCUT2D eigenvalue weighted by atomic mass is 28.2. The standard InChI is InChI=1S/C22H24OSi/c1-18-12-14-21(15-13-18)22(16-17-23-24,19-8-4-2-5-9-19)20-10-6-3-7-11-20/h2-15H,16-17H2,1,24H3. The molecule has 0 bridgehead atoms. The lowest BCUT2D eigenvalue weighted by Crippen LogP contribution is -2.31. The minimum atomic E-state index is -0.180. The molecule has 0 heterocycles. The van der Waals surface area contributed by atoms with Gasteiger partial charge in [0.2, 0.25) is 0 Å². The number of benzene rings is 3. The average Bonchev–Trinajstić information content (AvgIpc) is 2.65. The summed E-state index contributed by atoms with van der Waals surface area (Å²) in [5, 5.41) is 0. The quantitative estimate of drug-likeness (QED) is 0.489. The SMILES string of the molecule is Cc1ccc(C(CCO[SiH3])(c2ccccc2)c2ccccc2)cc1. The highest BCUT2D eigenvalue weighted by Gasteiger charge is 2.35. The summed E-state index contributed by atoms with van der Waals surface area (Å²) < 4.78 is 5.62. The molecule has 3 aromatic carbocycles. The van der Waals surface area contributed by atoms with Crippen LogP contribution in [0.15, 0.2) is 84.9 Å². The van der Waals surface area contributed by atoms with E-state index in [1.54, 1.807) is 0 Å². The van der Waals surface area contributed by atoms with Crippen molar-refractivity contribution in [3.63, 3.8) is 0 Å². The zero-order valence-electron chi connectivity index (χ0n) is 14.4. The summed E-state index contributed by atoms with van der Waals surface area (Å²) in [5.41, 5.74) is 5.07. The number of hydrogen-bond donors (Lipinski definition) is 0. The van der Waals surface area contributed by atoms with Gasteiger partial charge in [-0.3, -0.25) is 0 Å². The Morgan fingerprint density at radius 1 is 0.708 bits per heavy atom. The third-order valence-electron chi connectivity index (χ3n) is 4.76. The Kier molecular flexibility index (Phi) is 5.29. The average molecular weight is 333 g/mol. The molecule has 0 fully saturated rings. The van der Waals surface area contributed by atoms with Crippen LogP contribution in [0.3, 0.4) is 0 Å². The van der Waals surface area contributed by atoms with Crippen molar-refractivity contribution in [1.82, 2.24) is 0 Å². The Balaban J connectivity index is 2.26. The normalized spacial score (nSPS) is 11.5. The van der Waals surface area contributed by atoms with Crippen molar-refractivity contribution >= 4 is 10.5 Å². The molecule has 1 nitrogen and oxygen atoms in total. The van der Waals surface area contributed by atoms with Crippen LogP contribution in [0.4, 0.5) is 0 Å². The zero-order chi connectivity index (χ0) is 16.8. The summed E-state index contributed by atoms with van der Waals surface area (Å²) in [5.74, 6) is 0. The molecular weight excluding hydrogens is 308 g/mol. The van der Waals surface area contributed by atoms with Gasteiger partial charge < -0.3 is 4.43 Å². The molecule has 0 amide bonds. The Morgan fingerprint density at radius 2 is 1.17 bits per heavy atom. The highest BCUT2D eigenvalue weighted by molar-refractivity contribution is 5.97. The maximum Gasteiger partial charge on any atom is 0.145 e. The molecule has 122 valence electrons. The van der Waals surface area contributed by atoms with Crippen LogP contribution in [0.2, 0.25) is 0 Å². The third kappa shape index (κ3) is 3.21. The molecule has 0 aliphatic carbocycles. The maximum absolute atomic E-state index is 5.62. The maximum atomic E-state index is 5.62. The van der Waals surface area contributed by atoms with Crippen LogP contribution in [-0.2, 0) is 9.84 Å². The van der Waals surface area contributed by atoms with E-state index in [1.807, 2.05) is 0 Å². The largest absolute Gasteiger partial charge is 0.428 e. The van der Waals surface area contributed by atoms with Crippen molar-refractivity contribution < 1.29 is 4.43 Å². The second kappa shape index (κ2) is 7.60. The van der Waals surface area contributed by atoms with E-state index < -0.39 is 0 Å². The number of aryl methyl sites for hydroxylation is 1. The van der Waals surface area contributed by atoms with Gasteiger partial charge in [0.25, 0.3) is 0 Å². The van der Waals surface area contributed by atoms with Crippen molar-refractivity contribution in [3.05, 3.63) is 107 Å². The minimum absolute atomic E-state index is 0.180. The van der Waals surface area contributed by atoms with Crippen LogP contribution in [0, 0.1) is 6.92 Å². The van der Waals surface area contributed by atoms with Crippen molar-refractivity contribution in [3.8, 4) is 0 Å². The summed E-state index contributed by atoms with van der Waals surface area (Å²) >= 11 is 0. The van der Waals surface area contributed by atoms with Gasteiger partial charge in [0.05, 0.1) is 0 Å². The predicted molar refractivity (Wildman–Crippen MR) is 104 cm³/mol. The van der Waals surface area contributed by atoms with E-state index in [0.717, 1.165) is 23.5 Å². The fraction of sp³-hybridized carbons (Fsp3) is 0.182. The van der Waals surface area contributed by atoms with Crippen LogP contribution in [0.5, 0.6) is 0 Å². The van der Waals surface area contributed by atoms with Crippen LogP contribution in [0.1, 0.15) is 28.7 Å². The summed E-state index contributed by atoms with van der Waals surface area (Å²) in [6.07, 6.45) is 0.938.